The van der Waals surface area contributed by atoms with Crippen molar-refractivity contribution in [2.24, 2.45) is 11.8 Å². The smallest absolute Gasteiger partial charge is 0.150 e. The molecule has 38 heavy (non-hydrogen) atoms. The zero-order chi connectivity index (χ0) is 26.4. The summed E-state index contributed by atoms with van der Waals surface area (Å²) in [6.07, 6.45) is 2.78. The number of benzene rings is 3. The molecule has 3 unspecified atom stereocenters. The van der Waals surface area contributed by atoms with Crippen molar-refractivity contribution in [2.75, 3.05) is 19.7 Å². The highest BCUT2D eigenvalue weighted by Crippen LogP contribution is 2.55. The molecule has 1 saturated heterocycles. The molecule has 3 atom stereocenters. The third-order valence-electron chi connectivity index (χ3n) is 7.98. The second-order valence-corrected chi connectivity index (χ2v) is 11.1. The summed E-state index contributed by atoms with van der Waals surface area (Å²) in [5, 5.41) is 20.5. The fourth-order valence-electron chi connectivity index (χ4n) is 5.82. The number of hydrogen-bond donors (Lipinski definition) is 2. The number of phenols is 2. The molecule has 3 aliphatic rings. The van der Waals surface area contributed by atoms with Crippen LogP contribution < -0.4 is 9.47 Å². The topological polar surface area (TPSA) is 62.2 Å². The van der Waals surface area contributed by atoms with Crippen LogP contribution in [0.25, 0.3) is 11.1 Å². The number of ether oxygens (including phenoxy) is 2. The first-order valence-corrected chi connectivity index (χ1v) is 13.6. The molecule has 0 bridgehead atoms. The third-order valence-corrected chi connectivity index (χ3v) is 7.98. The summed E-state index contributed by atoms with van der Waals surface area (Å²) >= 11 is 0. The summed E-state index contributed by atoms with van der Waals surface area (Å²) < 4.78 is 27.1. The molecule has 3 aromatic rings. The van der Waals surface area contributed by atoms with E-state index in [9.17, 15) is 14.6 Å². The summed E-state index contributed by atoms with van der Waals surface area (Å²) in [7, 11) is 0. The Hall–Kier alpha value is -3.51. The van der Waals surface area contributed by atoms with Gasteiger partial charge in [0.15, 0.2) is 0 Å². The van der Waals surface area contributed by atoms with Gasteiger partial charge in [0.25, 0.3) is 0 Å². The largest absolute Gasteiger partial charge is 0.508 e. The average Bonchev–Trinajstić information content (AvgIpc) is 3.64. The van der Waals surface area contributed by atoms with Gasteiger partial charge in [-0.05, 0) is 104 Å². The average molecular weight is 516 g/mol. The van der Waals surface area contributed by atoms with E-state index >= 15 is 0 Å². The van der Waals surface area contributed by atoms with Crippen LogP contribution in [0.5, 0.6) is 23.0 Å². The number of halogens is 1. The fraction of sp³-hybridized carbons (Fsp3) is 0.375. The number of rotatable bonds is 7. The van der Waals surface area contributed by atoms with Crippen LogP contribution in [-0.2, 0) is 0 Å². The maximum atomic E-state index is 14.5. The summed E-state index contributed by atoms with van der Waals surface area (Å²) in [5.41, 5.74) is 4.19. The van der Waals surface area contributed by atoms with E-state index in [-0.39, 0.29) is 11.5 Å². The van der Waals surface area contributed by atoms with Crippen molar-refractivity contribution < 1.29 is 24.1 Å². The van der Waals surface area contributed by atoms with Gasteiger partial charge < -0.3 is 19.7 Å². The Kier molecular flexibility index (Phi) is 6.52. The second kappa shape index (κ2) is 9.99. The Morgan fingerprint density at radius 3 is 2.45 bits per heavy atom. The van der Waals surface area contributed by atoms with Crippen molar-refractivity contribution in [2.45, 2.75) is 45.3 Å². The Labute approximate surface area is 223 Å². The summed E-state index contributed by atoms with van der Waals surface area (Å²) in [5.74, 6) is 2.04. The van der Waals surface area contributed by atoms with Gasteiger partial charge in [-0.3, -0.25) is 4.90 Å². The van der Waals surface area contributed by atoms with Gasteiger partial charge in [0.2, 0.25) is 0 Å². The normalized spacial score (nSPS) is 22.2. The number of phenolic OH excluding ortho intramolecular Hbond substituents is 2. The lowest BCUT2D eigenvalue weighted by Crippen LogP contribution is -2.35. The number of likely N-dealkylation sites (tertiary alicyclic amines) is 1. The highest BCUT2D eigenvalue weighted by molar-refractivity contribution is 5.98. The van der Waals surface area contributed by atoms with Crippen molar-refractivity contribution in [3.63, 3.8) is 0 Å². The molecule has 5 nitrogen and oxygen atoms in total. The number of hydrogen-bond acceptors (Lipinski definition) is 5. The van der Waals surface area contributed by atoms with Crippen LogP contribution in [0.3, 0.4) is 0 Å². The molecule has 2 fully saturated rings. The van der Waals surface area contributed by atoms with Gasteiger partial charge in [-0.2, -0.15) is 0 Å². The number of allylic oxidation sites excluding steroid dienone is 1. The summed E-state index contributed by atoms with van der Waals surface area (Å²) in [6.45, 7) is 7.38. The predicted octanol–water partition coefficient (Wildman–Crippen LogP) is 6.80. The van der Waals surface area contributed by atoms with E-state index in [0.29, 0.717) is 29.9 Å². The molecule has 2 aliphatic heterocycles. The highest BCUT2D eigenvalue weighted by Gasteiger charge is 2.39. The third kappa shape index (κ3) is 4.97. The first-order valence-electron chi connectivity index (χ1n) is 13.6. The molecule has 2 N–H and O–H groups in total. The quantitative estimate of drug-likeness (QED) is 0.362. The van der Waals surface area contributed by atoms with Gasteiger partial charge >= 0.3 is 0 Å². The molecular weight excluding hydrogens is 481 g/mol. The SMILES string of the molecule is CC1CCN(C(C)COc2ccc(C3Oc4ccc(O)cc4C(C4CC4)=C3c3cc(O)cc(F)c3)cc2)C1. The minimum atomic E-state index is -0.506. The zero-order valence-electron chi connectivity index (χ0n) is 21.9. The van der Waals surface area contributed by atoms with E-state index in [4.69, 9.17) is 9.47 Å². The van der Waals surface area contributed by atoms with Gasteiger partial charge in [-0.25, -0.2) is 4.39 Å². The predicted molar refractivity (Wildman–Crippen MR) is 146 cm³/mol. The molecule has 1 saturated carbocycles. The maximum absolute atomic E-state index is 14.5. The highest BCUT2D eigenvalue weighted by atomic mass is 19.1. The van der Waals surface area contributed by atoms with Crippen molar-refractivity contribution in [1.82, 2.24) is 4.90 Å². The second-order valence-electron chi connectivity index (χ2n) is 11.1. The number of nitrogens with zero attached hydrogens (tertiary/aromatic N) is 1. The van der Waals surface area contributed by atoms with Crippen molar-refractivity contribution in [1.29, 1.82) is 0 Å². The lowest BCUT2D eigenvalue weighted by atomic mass is 9.83. The first-order chi connectivity index (χ1) is 18.4. The molecule has 3 aromatic carbocycles. The van der Waals surface area contributed by atoms with Crippen LogP contribution >= 0.6 is 0 Å². The van der Waals surface area contributed by atoms with E-state index in [2.05, 4.69) is 18.7 Å². The zero-order valence-corrected chi connectivity index (χ0v) is 21.9. The minimum absolute atomic E-state index is 0.131. The first kappa shape index (κ1) is 24.8. The lowest BCUT2D eigenvalue weighted by Gasteiger charge is -2.32. The van der Waals surface area contributed by atoms with Gasteiger partial charge in [0.05, 0.1) is 0 Å². The Bertz CT molecular complexity index is 1340. The Morgan fingerprint density at radius 2 is 1.76 bits per heavy atom. The summed E-state index contributed by atoms with van der Waals surface area (Å²) in [4.78, 5) is 2.48. The van der Waals surface area contributed by atoms with E-state index in [0.717, 1.165) is 65.9 Å². The van der Waals surface area contributed by atoms with Crippen LogP contribution in [-0.4, -0.2) is 40.9 Å². The van der Waals surface area contributed by atoms with E-state index in [1.165, 1.54) is 12.5 Å². The molecule has 1 aliphatic carbocycles. The van der Waals surface area contributed by atoms with Gasteiger partial charge in [-0.1, -0.05) is 19.1 Å². The van der Waals surface area contributed by atoms with Crippen LogP contribution in [0.4, 0.5) is 4.39 Å². The van der Waals surface area contributed by atoms with Gasteiger partial charge in [0, 0.05) is 29.8 Å². The van der Waals surface area contributed by atoms with Gasteiger partial charge in [-0.15, -0.1) is 0 Å². The van der Waals surface area contributed by atoms with Crippen LogP contribution in [0, 0.1) is 17.7 Å². The van der Waals surface area contributed by atoms with Gasteiger partial charge in [0.1, 0.15) is 41.5 Å². The monoisotopic (exact) mass is 515 g/mol. The van der Waals surface area contributed by atoms with Crippen molar-refractivity contribution in [3.05, 3.63) is 83.2 Å². The van der Waals surface area contributed by atoms with E-state index < -0.39 is 11.9 Å². The van der Waals surface area contributed by atoms with E-state index in [1.54, 1.807) is 24.3 Å². The number of fused-ring (bicyclic) bond motifs is 1. The van der Waals surface area contributed by atoms with E-state index in [1.807, 2.05) is 24.3 Å². The fourth-order valence-corrected chi connectivity index (χ4v) is 5.82. The molecule has 0 spiro atoms. The molecule has 198 valence electrons. The molecule has 0 amide bonds. The lowest BCUT2D eigenvalue weighted by molar-refractivity contribution is 0.169. The van der Waals surface area contributed by atoms with Crippen molar-refractivity contribution >= 4 is 11.1 Å². The molecule has 0 radical (unpaired) electrons. The Morgan fingerprint density at radius 1 is 0.974 bits per heavy atom. The Balaban J connectivity index is 1.33. The number of aromatic hydroxyl groups is 2. The van der Waals surface area contributed by atoms with Crippen molar-refractivity contribution in [3.8, 4) is 23.0 Å². The standard InChI is InChI=1S/C32H34FNO4/c1-19-11-12-34(17-19)20(2)18-37-27-8-5-22(6-9-27)32-31(23-13-24(33)15-26(36)14-23)30(21-3-4-21)28-16-25(35)7-10-29(28)38-32/h5-10,13-16,19-21,32,35-36H,3-4,11-12,17-18H2,1-2H3. The molecule has 6 rings (SSSR count). The molecular formula is C32H34FNO4. The van der Waals surface area contributed by atoms with Crippen LogP contribution in [0.1, 0.15) is 55.9 Å². The van der Waals surface area contributed by atoms with Crippen LogP contribution in [0.2, 0.25) is 0 Å². The molecule has 6 heteroatoms. The minimum Gasteiger partial charge on any atom is -0.508 e. The summed E-state index contributed by atoms with van der Waals surface area (Å²) in [6, 6.07) is 17.5. The maximum Gasteiger partial charge on any atom is 0.150 e. The van der Waals surface area contributed by atoms with Crippen LogP contribution in [0.15, 0.2) is 60.7 Å². The molecule has 2 heterocycles. The molecule has 0 aromatic heterocycles.